The topological polar surface area (TPSA) is 61.0 Å². The van der Waals surface area contributed by atoms with Crippen molar-refractivity contribution >= 4 is 0 Å². The smallest absolute Gasteiger partial charge is 0.0701 e. The minimum atomic E-state index is 0.559. The third-order valence-electron chi connectivity index (χ3n) is 2.96. The molecule has 0 aliphatic heterocycles. The van der Waals surface area contributed by atoms with Gasteiger partial charge < -0.3 is 29.6 Å². The van der Waals surface area contributed by atoms with Gasteiger partial charge in [-0.25, -0.2) is 0 Å². The average Bonchev–Trinajstić information content (AvgIpc) is 2.59. The third kappa shape index (κ3) is 24.1. The molecule has 0 spiro atoms. The van der Waals surface area contributed by atoms with Gasteiger partial charge in [0, 0.05) is 19.1 Å². The van der Waals surface area contributed by atoms with Crippen LogP contribution in [-0.2, 0) is 18.9 Å². The Morgan fingerprint density at radius 3 is 1.48 bits per heavy atom. The Morgan fingerprint density at radius 2 is 1.09 bits per heavy atom. The molecule has 6 heteroatoms. The first-order chi connectivity index (χ1) is 11.3. The molecule has 6 nitrogen and oxygen atoms in total. The van der Waals surface area contributed by atoms with E-state index in [4.69, 9.17) is 18.9 Å². The first-order valence-corrected chi connectivity index (χ1v) is 9.00. The number of hydrogen-bond donors (Lipinski definition) is 2. The van der Waals surface area contributed by atoms with Gasteiger partial charge in [-0.3, -0.25) is 0 Å². The van der Waals surface area contributed by atoms with Crippen LogP contribution in [0.3, 0.4) is 0 Å². The molecular weight excluding hydrogens is 296 g/mol. The van der Waals surface area contributed by atoms with Gasteiger partial charge in [0.25, 0.3) is 0 Å². The molecule has 0 bridgehead atoms. The van der Waals surface area contributed by atoms with Crippen LogP contribution in [-0.4, -0.2) is 79.0 Å². The Balaban J connectivity index is 0. The van der Waals surface area contributed by atoms with E-state index in [1.165, 1.54) is 0 Å². The van der Waals surface area contributed by atoms with E-state index in [2.05, 4.69) is 24.5 Å². The zero-order chi connectivity index (χ0) is 17.6. The molecule has 0 aliphatic carbocycles. The fourth-order valence-corrected chi connectivity index (χ4v) is 1.46. The highest BCUT2D eigenvalue weighted by atomic mass is 16.6. The van der Waals surface area contributed by atoms with Gasteiger partial charge in [-0.15, -0.1) is 0 Å². The third-order valence-corrected chi connectivity index (χ3v) is 2.96. The minimum Gasteiger partial charge on any atom is -0.378 e. The molecule has 0 aromatic rings. The highest BCUT2D eigenvalue weighted by molar-refractivity contribution is 4.56. The van der Waals surface area contributed by atoms with Crippen molar-refractivity contribution in [3.8, 4) is 0 Å². The summed E-state index contributed by atoms with van der Waals surface area (Å²) in [7, 11) is 1.91. The van der Waals surface area contributed by atoms with Gasteiger partial charge in [0.15, 0.2) is 0 Å². The largest absolute Gasteiger partial charge is 0.378 e. The maximum absolute atomic E-state index is 5.46. The monoisotopic (exact) mass is 336 g/mol. The fourth-order valence-electron chi connectivity index (χ4n) is 1.46. The second-order valence-electron chi connectivity index (χ2n) is 4.82. The molecule has 0 radical (unpaired) electrons. The summed E-state index contributed by atoms with van der Waals surface area (Å²) in [4.78, 5) is 0. The Kier molecular flexibility index (Phi) is 26.1. The predicted molar refractivity (Wildman–Crippen MR) is 96.3 cm³/mol. The van der Waals surface area contributed by atoms with Gasteiger partial charge in [-0.1, -0.05) is 20.8 Å². The average molecular weight is 337 g/mol. The summed E-state index contributed by atoms with van der Waals surface area (Å²) in [5, 5.41) is 6.39. The van der Waals surface area contributed by atoms with Crippen molar-refractivity contribution in [3.05, 3.63) is 0 Å². The molecule has 0 fully saturated rings. The van der Waals surface area contributed by atoms with E-state index in [1.807, 2.05) is 20.9 Å². The van der Waals surface area contributed by atoms with E-state index < -0.39 is 0 Å². The second kappa shape index (κ2) is 24.0. The van der Waals surface area contributed by atoms with Crippen LogP contribution in [0.1, 0.15) is 34.1 Å². The SMILES string of the molecule is CC.CCC(C)NCCOCCOCCOCCOCCNC. The Morgan fingerprint density at radius 1 is 0.696 bits per heavy atom. The van der Waals surface area contributed by atoms with Crippen LogP contribution in [0.2, 0.25) is 0 Å². The Labute approximate surface area is 143 Å². The molecule has 2 N–H and O–H groups in total. The number of nitrogens with one attached hydrogen (secondary N) is 2. The number of ether oxygens (including phenoxy) is 4. The summed E-state index contributed by atoms with van der Waals surface area (Å²) in [6.07, 6.45) is 1.14. The standard InChI is InChI=1S/C15H34N2O4.C2H6/c1-4-15(2)17-6-8-19-10-12-21-14-13-20-11-9-18-7-5-16-3;1-2/h15-17H,4-14H2,1-3H3;1-2H3. The van der Waals surface area contributed by atoms with Gasteiger partial charge in [0.1, 0.15) is 0 Å². The van der Waals surface area contributed by atoms with Gasteiger partial charge in [-0.2, -0.15) is 0 Å². The highest BCUT2D eigenvalue weighted by Crippen LogP contribution is 1.86. The van der Waals surface area contributed by atoms with Crippen LogP contribution >= 0.6 is 0 Å². The van der Waals surface area contributed by atoms with E-state index >= 15 is 0 Å². The van der Waals surface area contributed by atoms with Crippen molar-refractivity contribution in [1.29, 1.82) is 0 Å². The maximum Gasteiger partial charge on any atom is 0.0701 e. The molecule has 0 heterocycles. The van der Waals surface area contributed by atoms with Crippen LogP contribution in [0.15, 0.2) is 0 Å². The van der Waals surface area contributed by atoms with Gasteiger partial charge >= 0.3 is 0 Å². The summed E-state index contributed by atoms with van der Waals surface area (Å²) in [5.41, 5.74) is 0. The van der Waals surface area contributed by atoms with Crippen molar-refractivity contribution in [1.82, 2.24) is 10.6 Å². The molecule has 1 unspecified atom stereocenters. The van der Waals surface area contributed by atoms with Crippen molar-refractivity contribution in [2.45, 2.75) is 40.2 Å². The lowest BCUT2D eigenvalue weighted by Gasteiger charge is -2.11. The molecule has 0 saturated heterocycles. The Hall–Kier alpha value is -0.240. The molecule has 23 heavy (non-hydrogen) atoms. The van der Waals surface area contributed by atoms with Crippen LogP contribution in [0.5, 0.6) is 0 Å². The van der Waals surface area contributed by atoms with Crippen LogP contribution in [0.4, 0.5) is 0 Å². The van der Waals surface area contributed by atoms with Crippen molar-refractivity contribution < 1.29 is 18.9 Å². The summed E-state index contributed by atoms with van der Waals surface area (Å²) in [5.74, 6) is 0. The molecule has 0 aromatic heterocycles. The van der Waals surface area contributed by atoms with E-state index in [-0.39, 0.29) is 0 Å². The van der Waals surface area contributed by atoms with Crippen molar-refractivity contribution in [2.24, 2.45) is 0 Å². The molecule has 0 rings (SSSR count). The lowest BCUT2D eigenvalue weighted by molar-refractivity contribution is -0.00111. The second-order valence-corrected chi connectivity index (χ2v) is 4.82. The first-order valence-electron chi connectivity index (χ1n) is 9.00. The van der Waals surface area contributed by atoms with Crippen molar-refractivity contribution in [3.63, 3.8) is 0 Å². The summed E-state index contributed by atoms with van der Waals surface area (Å²) in [6.45, 7) is 15.3. The van der Waals surface area contributed by atoms with E-state index in [0.29, 0.717) is 45.7 Å². The van der Waals surface area contributed by atoms with E-state index in [0.717, 1.165) is 32.7 Å². The van der Waals surface area contributed by atoms with Gasteiger partial charge in [-0.05, 0) is 20.4 Å². The summed E-state index contributed by atoms with van der Waals surface area (Å²) < 4.78 is 21.6. The molecule has 0 aromatic carbocycles. The number of rotatable bonds is 17. The van der Waals surface area contributed by atoms with Crippen LogP contribution in [0.25, 0.3) is 0 Å². The summed E-state index contributed by atoms with van der Waals surface area (Å²) in [6, 6.07) is 0.559. The predicted octanol–water partition coefficient (Wildman–Crippen LogP) is 1.69. The van der Waals surface area contributed by atoms with Gasteiger partial charge in [0.2, 0.25) is 0 Å². The highest BCUT2D eigenvalue weighted by Gasteiger charge is 1.96. The van der Waals surface area contributed by atoms with Crippen LogP contribution in [0, 0.1) is 0 Å². The molecule has 0 saturated carbocycles. The molecule has 142 valence electrons. The lowest BCUT2D eigenvalue weighted by Crippen LogP contribution is -2.29. The molecular formula is C17H40N2O4. The lowest BCUT2D eigenvalue weighted by atomic mass is 10.3. The zero-order valence-electron chi connectivity index (χ0n) is 16.0. The normalized spacial score (nSPS) is 11.9. The Bertz CT molecular complexity index is 197. The van der Waals surface area contributed by atoms with Crippen molar-refractivity contribution in [2.75, 3.05) is 73.0 Å². The number of hydrogen-bond acceptors (Lipinski definition) is 6. The quantitative estimate of drug-likeness (QED) is 0.394. The molecule has 0 aliphatic rings. The molecule has 1 atom stereocenters. The van der Waals surface area contributed by atoms with E-state index in [1.54, 1.807) is 0 Å². The van der Waals surface area contributed by atoms with Gasteiger partial charge in [0.05, 0.1) is 52.9 Å². The summed E-state index contributed by atoms with van der Waals surface area (Å²) >= 11 is 0. The number of likely N-dealkylation sites (N-methyl/N-ethyl adjacent to an activating group) is 1. The van der Waals surface area contributed by atoms with Crippen LogP contribution < -0.4 is 10.6 Å². The fraction of sp³-hybridized carbons (Fsp3) is 1.00. The zero-order valence-corrected chi connectivity index (χ0v) is 16.0. The minimum absolute atomic E-state index is 0.559. The molecule has 0 amide bonds. The van der Waals surface area contributed by atoms with E-state index in [9.17, 15) is 0 Å². The first kappa shape index (κ1) is 25.0. The maximum atomic E-state index is 5.46.